The summed E-state index contributed by atoms with van der Waals surface area (Å²) in [5, 5.41) is 0. The van der Waals surface area contributed by atoms with E-state index in [1.807, 2.05) is 0 Å². The zero-order valence-corrected chi connectivity index (χ0v) is 20.0. The maximum absolute atomic E-state index is 5.56. The lowest BCUT2D eigenvalue weighted by atomic mass is 9.91. The largest absolute Gasteiger partial charge is 0.459 e. The van der Waals surface area contributed by atoms with Crippen molar-refractivity contribution in [3.63, 3.8) is 0 Å². The van der Waals surface area contributed by atoms with E-state index in [9.17, 15) is 0 Å². The van der Waals surface area contributed by atoms with Crippen LogP contribution in [-0.2, 0) is 9.47 Å². The molecule has 2 nitrogen and oxygen atoms in total. The van der Waals surface area contributed by atoms with E-state index in [1.54, 1.807) is 12.5 Å². The van der Waals surface area contributed by atoms with Crippen molar-refractivity contribution < 1.29 is 9.47 Å². The minimum atomic E-state index is -0.0165. The lowest BCUT2D eigenvalue weighted by Crippen LogP contribution is -2.14. The highest BCUT2D eigenvalue weighted by Gasteiger charge is 2.19. The standard InChI is InChI=1S/C27H52O2/c1-3-5-7-9-11-13-14-16-18-20-22-26(25-27-28-23-24-29-27)21-19-17-15-12-10-8-6-4-2/h23-24,26-27H,3-22,25H2,1-2H3. The third-order valence-electron chi connectivity index (χ3n) is 6.47. The van der Waals surface area contributed by atoms with Crippen LogP contribution in [0.2, 0.25) is 0 Å². The average Bonchev–Trinajstić information content (AvgIpc) is 3.24. The van der Waals surface area contributed by atoms with Crippen LogP contribution in [-0.4, -0.2) is 6.29 Å². The Bertz CT molecular complexity index is 344. The second-order valence-electron chi connectivity index (χ2n) is 9.31. The van der Waals surface area contributed by atoms with Gasteiger partial charge in [0.25, 0.3) is 0 Å². The molecule has 0 saturated carbocycles. The van der Waals surface area contributed by atoms with Crippen molar-refractivity contribution >= 4 is 0 Å². The van der Waals surface area contributed by atoms with Gasteiger partial charge >= 0.3 is 0 Å². The summed E-state index contributed by atoms with van der Waals surface area (Å²) in [7, 11) is 0. The molecule has 2 heteroatoms. The lowest BCUT2D eigenvalue weighted by Gasteiger charge is -2.20. The van der Waals surface area contributed by atoms with Crippen molar-refractivity contribution in [2.75, 3.05) is 0 Å². The lowest BCUT2D eigenvalue weighted by molar-refractivity contribution is -0.0410. The van der Waals surface area contributed by atoms with Gasteiger partial charge in [-0.15, -0.1) is 0 Å². The second kappa shape index (κ2) is 20.6. The quantitative estimate of drug-likeness (QED) is 0.166. The zero-order chi connectivity index (χ0) is 20.8. The third kappa shape index (κ3) is 16.8. The molecular weight excluding hydrogens is 356 g/mol. The molecule has 1 rings (SSSR count). The molecule has 1 unspecified atom stereocenters. The molecule has 0 aromatic rings. The van der Waals surface area contributed by atoms with Crippen LogP contribution < -0.4 is 0 Å². The van der Waals surface area contributed by atoms with Gasteiger partial charge in [-0.1, -0.05) is 142 Å². The first-order valence-corrected chi connectivity index (χ1v) is 13.3. The maximum atomic E-state index is 5.56. The number of hydrogen-bond acceptors (Lipinski definition) is 2. The van der Waals surface area contributed by atoms with Gasteiger partial charge in [0.1, 0.15) is 12.5 Å². The summed E-state index contributed by atoms with van der Waals surface area (Å²) >= 11 is 0. The fourth-order valence-corrected chi connectivity index (χ4v) is 4.52. The van der Waals surface area contributed by atoms with Crippen molar-refractivity contribution in [2.24, 2.45) is 5.92 Å². The fraction of sp³-hybridized carbons (Fsp3) is 0.926. The van der Waals surface area contributed by atoms with E-state index in [0.29, 0.717) is 0 Å². The predicted molar refractivity (Wildman–Crippen MR) is 127 cm³/mol. The molecule has 1 aliphatic heterocycles. The third-order valence-corrected chi connectivity index (χ3v) is 6.47. The van der Waals surface area contributed by atoms with E-state index in [1.165, 1.54) is 128 Å². The van der Waals surface area contributed by atoms with Crippen LogP contribution in [0, 0.1) is 5.92 Å². The summed E-state index contributed by atoms with van der Waals surface area (Å²) in [4.78, 5) is 0. The van der Waals surface area contributed by atoms with E-state index in [4.69, 9.17) is 9.47 Å². The number of rotatable bonds is 22. The molecule has 0 fully saturated rings. The predicted octanol–water partition coefficient (Wildman–Crippen LogP) is 9.68. The van der Waals surface area contributed by atoms with Gasteiger partial charge in [-0.3, -0.25) is 0 Å². The smallest absolute Gasteiger partial charge is 0.239 e. The van der Waals surface area contributed by atoms with Gasteiger partial charge in [0.15, 0.2) is 0 Å². The summed E-state index contributed by atoms with van der Waals surface area (Å²) < 4.78 is 11.1. The topological polar surface area (TPSA) is 18.5 Å². The molecule has 0 radical (unpaired) electrons. The van der Waals surface area contributed by atoms with Crippen LogP contribution in [0.25, 0.3) is 0 Å². The van der Waals surface area contributed by atoms with E-state index in [0.717, 1.165) is 12.3 Å². The molecule has 0 amide bonds. The summed E-state index contributed by atoms with van der Waals surface area (Å²) in [6.07, 6.45) is 32.7. The Morgan fingerprint density at radius 3 is 1.24 bits per heavy atom. The Labute approximate surface area is 183 Å². The Balaban J connectivity index is 2.03. The summed E-state index contributed by atoms with van der Waals surface area (Å²) in [5.41, 5.74) is 0. The van der Waals surface area contributed by atoms with Gasteiger partial charge in [-0.25, -0.2) is 0 Å². The Kier molecular flexibility index (Phi) is 18.7. The molecule has 0 spiro atoms. The Hall–Kier alpha value is -0.660. The molecular formula is C27H52O2. The molecule has 0 aromatic carbocycles. The molecule has 0 N–H and O–H groups in total. The number of ether oxygens (including phenoxy) is 2. The van der Waals surface area contributed by atoms with Crippen LogP contribution in [0.5, 0.6) is 0 Å². The van der Waals surface area contributed by atoms with E-state index >= 15 is 0 Å². The molecule has 29 heavy (non-hydrogen) atoms. The van der Waals surface area contributed by atoms with Crippen molar-refractivity contribution in [2.45, 2.75) is 155 Å². The van der Waals surface area contributed by atoms with Gasteiger partial charge in [0, 0.05) is 6.42 Å². The van der Waals surface area contributed by atoms with E-state index in [2.05, 4.69) is 13.8 Å². The van der Waals surface area contributed by atoms with Gasteiger partial charge in [-0.05, 0) is 5.92 Å². The van der Waals surface area contributed by atoms with E-state index in [-0.39, 0.29) is 6.29 Å². The summed E-state index contributed by atoms with van der Waals surface area (Å²) in [6.45, 7) is 4.59. The second-order valence-corrected chi connectivity index (χ2v) is 9.31. The van der Waals surface area contributed by atoms with E-state index < -0.39 is 0 Å². The van der Waals surface area contributed by atoms with Crippen molar-refractivity contribution in [3.05, 3.63) is 12.5 Å². The first-order chi connectivity index (χ1) is 14.4. The first kappa shape index (κ1) is 26.4. The van der Waals surface area contributed by atoms with Crippen molar-refractivity contribution in [1.29, 1.82) is 0 Å². The van der Waals surface area contributed by atoms with Gasteiger partial charge < -0.3 is 9.47 Å². The minimum absolute atomic E-state index is 0.0165. The monoisotopic (exact) mass is 408 g/mol. The average molecular weight is 409 g/mol. The Morgan fingerprint density at radius 2 is 0.862 bits per heavy atom. The SMILES string of the molecule is CCCCCCCCCCCCC(CCCCCCCCCC)CC1OC=CO1. The molecule has 1 aliphatic rings. The van der Waals surface area contributed by atoms with Crippen molar-refractivity contribution in [1.82, 2.24) is 0 Å². The molecule has 0 aromatic heterocycles. The van der Waals surface area contributed by atoms with Crippen LogP contribution in [0.4, 0.5) is 0 Å². The summed E-state index contributed by atoms with van der Waals surface area (Å²) in [6, 6.07) is 0. The zero-order valence-electron chi connectivity index (χ0n) is 20.0. The highest BCUT2D eigenvalue weighted by Crippen LogP contribution is 2.26. The maximum Gasteiger partial charge on any atom is 0.239 e. The molecule has 172 valence electrons. The van der Waals surface area contributed by atoms with Crippen molar-refractivity contribution in [3.8, 4) is 0 Å². The van der Waals surface area contributed by atoms with Crippen LogP contribution in [0.3, 0.4) is 0 Å². The van der Waals surface area contributed by atoms with Gasteiger partial charge in [-0.2, -0.15) is 0 Å². The van der Waals surface area contributed by atoms with Crippen LogP contribution in [0.1, 0.15) is 149 Å². The molecule has 0 bridgehead atoms. The molecule has 1 heterocycles. The molecule has 1 atom stereocenters. The normalized spacial score (nSPS) is 14.8. The fourth-order valence-electron chi connectivity index (χ4n) is 4.52. The highest BCUT2D eigenvalue weighted by molar-refractivity contribution is 4.74. The summed E-state index contributed by atoms with van der Waals surface area (Å²) in [5.74, 6) is 0.772. The molecule has 0 saturated heterocycles. The minimum Gasteiger partial charge on any atom is -0.459 e. The highest BCUT2D eigenvalue weighted by atomic mass is 16.7. The van der Waals surface area contributed by atoms with Crippen LogP contribution >= 0.6 is 0 Å². The van der Waals surface area contributed by atoms with Gasteiger partial charge in [0.2, 0.25) is 6.29 Å². The van der Waals surface area contributed by atoms with Gasteiger partial charge in [0.05, 0.1) is 0 Å². The molecule has 0 aliphatic carbocycles. The Morgan fingerprint density at radius 1 is 0.517 bits per heavy atom. The number of hydrogen-bond donors (Lipinski definition) is 0. The van der Waals surface area contributed by atoms with Crippen LogP contribution in [0.15, 0.2) is 12.5 Å². The number of unbranched alkanes of at least 4 members (excludes halogenated alkanes) is 16. The first-order valence-electron chi connectivity index (χ1n) is 13.3.